The van der Waals surface area contributed by atoms with Crippen molar-refractivity contribution in [2.24, 2.45) is 4.99 Å². The summed E-state index contributed by atoms with van der Waals surface area (Å²) in [4.78, 5) is 19.1. The molecule has 0 saturated carbocycles. The second kappa shape index (κ2) is 12.2. The molecule has 0 saturated heterocycles. The van der Waals surface area contributed by atoms with Gasteiger partial charge >= 0.3 is 6.18 Å². The second-order valence-electron chi connectivity index (χ2n) is 9.93. The molecular weight excluding hydrogens is 583 g/mol. The number of benzene rings is 3. The zero-order chi connectivity index (χ0) is 30.9. The second-order valence-corrected chi connectivity index (χ2v) is 10.9. The van der Waals surface area contributed by atoms with Crippen molar-refractivity contribution in [2.45, 2.75) is 30.6 Å². The number of hydrogen-bond donors (Lipinski definition) is 0. The molecule has 0 aliphatic carbocycles. The standard InChI is InChI=1S/C33H27F5N2O2S/c1-4-16-39-30(20-10-6-5-7-11-20)26-18-43-32-22(17-23-24(33(36,37)38)13-9-14-25(23)34)19(2)28(31(41)40(26)32)21-12-8-15-27(42-3)29(21)35/h4-15,26H,1,16-18H2,2-3H3/b39-30-. The average molecular weight is 611 g/mol. The molecule has 0 fully saturated rings. The predicted octanol–water partition coefficient (Wildman–Crippen LogP) is 8.04. The molecule has 4 aromatic rings. The van der Waals surface area contributed by atoms with Crippen molar-refractivity contribution in [2.75, 3.05) is 19.4 Å². The molecule has 3 aromatic carbocycles. The van der Waals surface area contributed by atoms with E-state index < -0.39 is 47.0 Å². The zero-order valence-electron chi connectivity index (χ0n) is 23.3. The number of alkyl halides is 3. The molecule has 1 aliphatic heterocycles. The molecule has 1 unspecified atom stereocenters. The van der Waals surface area contributed by atoms with Crippen LogP contribution in [0.3, 0.4) is 0 Å². The fourth-order valence-electron chi connectivity index (χ4n) is 5.43. The van der Waals surface area contributed by atoms with Gasteiger partial charge in [-0.15, -0.1) is 18.3 Å². The number of pyridine rings is 1. The summed E-state index contributed by atoms with van der Waals surface area (Å²) in [6.07, 6.45) is -3.66. The summed E-state index contributed by atoms with van der Waals surface area (Å²) < 4.78 is 79.4. The molecule has 1 atom stereocenters. The molecule has 2 heterocycles. The maximum atomic E-state index is 15.7. The van der Waals surface area contributed by atoms with Gasteiger partial charge in [0.05, 0.1) is 41.6 Å². The van der Waals surface area contributed by atoms with Gasteiger partial charge in [-0.25, -0.2) is 8.78 Å². The number of rotatable bonds is 8. The van der Waals surface area contributed by atoms with Crippen LogP contribution < -0.4 is 10.3 Å². The number of fused-ring (bicyclic) bond motifs is 1. The first-order chi connectivity index (χ1) is 20.6. The summed E-state index contributed by atoms with van der Waals surface area (Å²) in [5, 5.41) is 0.387. The summed E-state index contributed by atoms with van der Waals surface area (Å²) in [5.74, 6) is -1.57. The third kappa shape index (κ3) is 5.63. The van der Waals surface area contributed by atoms with E-state index in [1.165, 1.54) is 41.6 Å². The monoisotopic (exact) mass is 610 g/mol. The molecule has 0 bridgehead atoms. The Morgan fingerprint density at radius 1 is 1.07 bits per heavy atom. The van der Waals surface area contributed by atoms with E-state index in [0.717, 1.165) is 23.8 Å². The number of hydrogen-bond acceptors (Lipinski definition) is 4. The van der Waals surface area contributed by atoms with E-state index in [9.17, 15) is 18.0 Å². The van der Waals surface area contributed by atoms with Crippen LogP contribution in [0.2, 0.25) is 0 Å². The zero-order valence-corrected chi connectivity index (χ0v) is 24.2. The molecule has 4 nitrogen and oxygen atoms in total. The number of aromatic nitrogens is 1. The molecule has 0 radical (unpaired) electrons. The van der Waals surface area contributed by atoms with Crippen LogP contribution in [0.5, 0.6) is 5.75 Å². The van der Waals surface area contributed by atoms with Crippen LogP contribution >= 0.6 is 11.8 Å². The predicted molar refractivity (Wildman–Crippen MR) is 159 cm³/mol. The van der Waals surface area contributed by atoms with Gasteiger partial charge in [-0.1, -0.05) is 54.6 Å². The smallest absolute Gasteiger partial charge is 0.416 e. The third-order valence-electron chi connectivity index (χ3n) is 7.43. The first-order valence-electron chi connectivity index (χ1n) is 13.4. The lowest BCUT2D eigenvalue weighted by molar-refractivity contribution is -0.138. The van der Waals surface area contributed by atoms with Gasteiger partial charge in [-0.2, -0.15) is 13.2 Å². The number of nitrogens with zero attached hydrogens (tertiary/aromatic N) is 2. The largest absolute Gasteiger partial charge is 0.494 e. The highest BCUT2D eigenvalue weighted by Gasteiger charge is 2.38. The Morgan fingerprint density at radius 2 is 1.79 bits per heavy atom. The van der Waals surface area contributed by atoms with Crippen molar-refractivity contribution in [3.8, 4) is 16.9 Å². The van der Waals surface area contributed by atoms with Crippen LogP contribution in [0, 0.1) is 18.6 Å². The molecule has 1 aliphatic rings. The minimum absolute atomic E-state index is 0.0383. The number of methoxy groups -OCH3 is 1. The van der Waals surface area contributed by atoms with Crippen LogP contribution in [0.25, 0.3) is 11.1 Å². The number of thioether (sulfide) groups is 1. The Balaban J connectivity index is 1.83. The molecular formula is C33H27F5N2O2S. The maximum absolute atomic E-state index is 15.7. The highest BCUT2D eigenvalue weighted by Crippen LogP contribution is 2.43. The minimum atomic E-state index is -4.81. The Kier molecular flexibility index (Phi) is 8.59. The van der Waals surface area contributed by atoms with Crippen LogP contribution in [-0.2, 0) is 12.6 Å². The number of ether oxygens (including phenoxy) is 1. The van der Waals surface area contributed by atoms with Crippen molar-refractivity contribution in [1.82, 2.24) is 4.57 Å². The molecule has 0 spiro atoms. The van der Waals surface area contributed by atoms with Crippen LogP contribution in [-0.4, -0.2) is 29.7 Å². The van der Waals surface area contributed by atoms with Gasteiger partial charge in [0.1, 0.15) is 5.82 Å². The summed E-state index contributed by atoms with van der Waals surface area (Å²) in [7, 11) is 1.29. The van der Waals surface area contributed by atoms with Gasteiger partial charge < -0.3 is 4.74 Å². The number of aliphatic imine (C=N–C) groups is 1. The van der Waals surface area contributed by atoms with E-state index >= 15 is 8.78 Å². The highest BCUT2D eigenvalue weighted by molar-refractivity contribution is 7.99. The lowest BCUT2D eigenvalue weighted by atomic mass is 9.92. The number of halogens is 5. The average Bonchev–Trinajstić information content (AvgIpc) is 3.42. The minimum Gasteiger partial charge on any atom is -0.494 e. The van der Waals surface area contributed by atoms with Gasteiger partial charge in [-0.3, -0.25) is 14.4 Å². The lowest BCUT2D eigenvalue weighted by Gasteiger charge is -2.23. The van der Waals surface area contributed by atoms with E-state index in [0.29, 0.717) is 22.1 Å². The van der Waals surface area contributed by atoms with Gasteiger partial charge in [0, 0.05) is 23.3 Å². The molecule has 222 valence electrons. The van der Waals surface area contributed by atoms with Gasteiger partial charge in [0.25, 0.3) is 5.56 Å². The summed E-state index contributed by atoms with van der Waals surface area (Å²) in [6, 6.07) is 15.7. The Morgan fingerprint density at radius 3 is 2.47 bits per heavy atom. The summed E-state index contributed by atoms with van der Waals surface area (Å²) >= 11 is 1.28. The van der Waals surface area contributed by atoms with E-state index in [1.807, 2.05) is 30.3 Å². The highest BCUT2D eigenvalue weighted by atomic mass is 32.2. The van der Waals surface area contributed by atoms with Crippen molar-refractivity contribution in [3.63, 3.8) is 0 Å². The van der Waals surface area contributed by atoms with E-state index in [4.69, 9.17) is 9.73 Å². The first kappa shape index (κ1) is 30.3. The van der Waals surface area contributed by atoms with Gasteiger partial charge in [0.15, 0.2) is 11.6 Å². The van der Waals surface area contributed by atoms with Crippen molar-refractivity contribution in [1.29, 1.82) is 0 Å². The van der Waals surface area contributed by atoms with E-state index in [-0.39, 0.29) is 29.0 Å². The van der Waals surface area contributed by atoms with Gasteiger partial charge in [-0.05, 0) is 41.8 Å². The van der Waals surface area contributed by atoms with E-state index in [2.05, 4.69) is 6.58 Å². The maximum Gasteiger partial charge on any atom is 0.416 e. The quantitative estimate of drug-likeness (QED) is 0.115. The Hall–Kier alpha value is -4.18. The van der Waals surface area contributed by atoms with Gasteiger partial charge in [0.2, 0.25) is 0 Å². The first-order valence-corrected chi connectivity index (χ1v) is 14.4. The molecule has 43 heavy (non-hydrogen) atoms. The molecule has 0 amide bonds. The summed E-state index contributed by atoms with van der Waals surface area (Å²) in [6.45, 7) is 5.55. The molecule has 1 aromatic heterocycles. The molecule has 5 rings (SSSR count). The van der Waals surface area contributed by atoms with Crippen LogP contribution in [0.15, 0.2) is 94.2 Å². The topological polar surface area (TPSA) is 43.6 Å². The SMILES string of the molecule is C=CC/N=C(/c1ccccc1)C1CSc2c(Cc3c(F)cccc3C(F)(F)F)c(C)c(-c3cccc(OC)c3F)c(=O)n21. The van der Waals surface area contributed by atoms with Crippen molar-refractivity contribution >= 4 is 17.5 Å². The Labute approximate surface area is 249 Å². The normalized spacial score (nSPS) is 15.0. The third-order valence-corrected chi connectivity index (χ3v) is 8.63. The molecule has 10 heteroatoms. The Bertz CT molecular complexity index is 1780. The lowest BCUT2D eigenvalue weighted by Crippen LogP contribution is -2.32. The van der Waals surface area contributed by atoms with E-state index in [1.54, 1.807) is 13.0 Å². The van der Waals surface area contributed by atoms with Crippen molar-refractivity contribution < 1.29 is 26.7 Å². The van der Waals surface area contributed by atoms with Crippen LogP contribution in [0.1, 0.15) is 33.9 Å². The molecule has 0 N–H and O–H groups in total. The fourth-order valence-corrected chi connectivity index (χ4v) is 6.80. The fraction of sp³-hybridized carbons (Fsp3) is 0.212. The van der Waals surface area contributed by atoms with Crippen LogP contribution in [0.4, 0.5) is 22.0 Å². The van der Waals surface area contributed by atoms with Crippen molar-refractivity contribution in [3.05, 3.63) is 129 Å². The summed E-state index contributed by atoms with van der Waals surface area (Å²) in [5.41, 5.74) is -0.417.